The van der Waals surface area contributed by atoms with Crippen molar-refractivity contribution in [1.82, 2.24) is 5.32 Å². The Labute approximate surface area is 90.7 Å². The van der Waals surface area contributed by atoms with Crippen LogP contribution in [-0.2, 0) is 0 Å². The van der Waals surface area contributed by atoms with Crippen LogP contribution >= 0.6 is 0 Å². The standard InChI is InChI=1S/C12H16N2O/c1-2-14-8-5-9-15-12-7-4-3-6-11(12)10-13/h3-4,6-7,14H,2,5,8-9H2,1H3. The van der Waals surface area contributed by atoms with Crippen molar-refractivity contribution in [1.29, 1.82) is 5.26 Å². The molecule has 1 aromatic carbocycles. The highest BCUT2D eigenvalue weighted by Crippen LogP contribution is 2.16. The first-order valence-corrected chi connectivity index (χ1v) is 5.21. The second-order valence-electron chi connectivity index (χ2n) is 3.16. The smallest absolute Gasteiger partial charge is 0.137 e. The fraction of sp³-hybridized carbons (Fsp3) is 0.417. The average molecular weight is 204 g/mol. The maximum atomic E-state index is 8.82. The fourth-order valence-electron chi connectivity index (χ4n) is 1.24. The van der Waals surface area contributed by atoms with E-state index in [0.717, 1.165) is 19.5 Å². The maximum Gasteiger partial charge on any atom is 0.137 e. The SMILES string of the molecule is CCNCCCOc1ccccc1C#N. The normalized spacial score (nSPS) is 9.60. The molecule has 0 spiro atoms. The molecule has 0 fully saturated rings. The molecule has 0 bridgehead atoms. The van der Waals surface area contributed by atoms with Gasteiger partial charge in [0.2, 0.25) is 0 Å². The van der Waals surface area contributed by atoms with Gasteiger partial charge in [0.05, 0.1) is 12.2 Å². The third-order valence-electron chi connectivity index (χ3n) is 2.01. The van der Waals surface area contributed by atoms with E-state index in [4.69, 9.17) is 10.00 Å². The molecule has 1 rings (SSSR count). The molecule has 0 unspecified atom stereocenters. The van der Waals surface area contributed by atoms with Crippen LogP contribution in [0.15, 0.2) is 24.3 Å². The van der Waals surface area contributed by atoms with Gasteiger partial charge in [-0.2, -0.15) is 5.26 Å². The number of hydrogen-bond acceptors (Lipinski definition) is 3. The molecule has 0 saturated heterocycles. The summed E-state index contributed by atoms with van der Waals surface area (Å²) in [6, 6.07) is 9.41. The average Bonchev–Trinajstić information content (AvgIpc) is 2.29. The Morgan fingerprint density at radius 2 is 2.20 bits per heavy atom. The molecular formula is C12H16N2O. The zero-order valence-corrected chi connectivity index (χ0v) is 8.99. The Kier molecular flexibility index (Phi) is 5.28. The van der Waals surface area contributed by atoms with E-state index in [2.05, 4.69) is 18.3 Å². The lowest BCUT2D eigenvalue weighted by Crippen LogP contribution is -2.16. The minimum Gasteiger partial charge on any atom is -0.492 e. The van der Waals surface area contributed by atoms with E-state index in [1.807, 2.05) is 18.2 Å². The number of nitrogens with one attached hydrogen (secondary N) is 1. The lowest BCUT2D eigenvalue weighted by atomic mass is 10.2. The van der Waals surface area contributed by atoms with Crippen molar-refractivity contribution in [3.05, 3.63) is 29.8 Å². The summed E-state index contributed by atoms with van der Waals surface area (Å²) < 4.78 is 5.51. The van der Waals surface area contributed by atoms with E-state index in [1.54, 1.807) is 6.07 Å². The van der Waals surface area contributed by atoms with E-state index < -0.39 is 0 Å². The van der Waals surface area contributed by atoms with Crippen molar-refractivity contribution >= 4 is 0 Å². The molecule has 80 valence electrons. The van der Waals surface area contributed by atoms with Gasteiger partial charge in [-0.1, -0.05) is 19.1 Å². The lowest BCUT2D eigenvalue weighted by molar-refractivity contribution is 0.308. The molecule has 0 aromatic heterocycles. The zero-order chi connectivity index (χ0) is 10.9. The molecule has 15 heavy (non-hydrogen) atoms. The first kappa shape index (κ1) is 11.5. The quantitative estimate of drug-likeness (QED) is 0.720. The number of ether oxygens (including phenoxy) is 1. The van der Waals surface area contributed by atoms with E-state index in [-0.39, 0.29) is 0 Å². The summed E-state index contributed by atoms with van der Waals surface area (Å²) in [4.78, 5) is 0. The molecule has 0 aliphatic carbocycles. The van der Waals surface area contributed by atoms with Crippen LogP contribution in [-0.4, -0.2) is 19.7 Å². The molecule has 0 amide bonds. The van der Waals surface area contributed by atoms with Gasteiger partial charge < -0.3 is 10.1 Å². The van der Waals surface area contributed by atoms with Crippen LogP contribution in [0.2, 0.25) is 0 Å². The highest BCUT2D eigenvalue weighted by molar-refractivity contribution is 5.42. The highest BCUT2D eigenvalue weighted by Gasteiger charge is 2.00. The Morgan fingerprint density at radius 1 is 1.40 bits per heavy atom. The minimum absolute atomic E-state index is 0.598. The number of nitrogens with zero attached hydrogens (tertiary/aromatic N) is 1. The number of benzene rings is 1. The van der Waals surface area contributed by atoms with E-state index in [9.17, 15) is 0 Å². The summed E-state index contributed by atoms with van der Waals surface area (Å²) in [5, 5.41) is 12.0. The molecule has 0 aliphatic rings. The van der Waals surface area contributed by atoms with Gasteiger partial charge >= 0.3 is 0 Å². The Bertz CT molecular complexity index is 331. The molecule has 3 nitrogen and oxygen atoms in total. The fourth-order valence-corrected chi connectivity index (χ4v) is 1.24. The Morgan fingerprint density at radius 3 is 2.93 bits per heavy atom. The number of hydrogen-bond donors (Lipinski definition) is 1. The molecule has 0 aliphatic heterocycles. The van der Waals surface area contributed by atoms with Crippen molar-refractivity contribution < 1.29 is 4.74 Å². The predicted octanol–water partition coefficient (Wildman–Crippen LogP) is 1.94. The van der Waals surface area contributed by atoms with Crippen LogP contribution in [0.5, 0.6) is 5.75 Å². The summed E-state index contributed by atoms with van der Waals surface area (Å²) in [6.45, 7) is 4.65. The maximum absolute atomic E-state index is 8.82. The number of para-hydroxylation sites is 1. The molecule has 1 N–H and O–H groups in total. The van der Waals surface area contributed by atoms with Crippen LogP contribution in [0.3, 0.4) is 0 Å². The first-order valence-electron chi connectivity index (χ1n) is 5.21. The third-order valence-corrected chi connectivity index (χ3v) is 2.01. The lowest BCUT2D eigenvalue weighted by Gasteiger charge is -2.07. The summed E-state index contributed by atoms with van der Waals surface area (Å²) >= 11 is 0. The zero-order valence-electron chi connectivity index (χ0n) is 8.99. The second kappa shape index (κ2) is 6.86. The summed E-state index contributed by atoms with van der Waals surface area (Å²) in [5.74, 6) is 0.677. The van der Waals surface area contributed by atoms with Gasteiger partial charge in [0, 0.05) is 0 Å². The summed E-state index contributed by atoms with van der Waals surface area (Å²) in [5.41, 5.74) is 0.598. The van der Waals surface area contributed by atoms with Gasteiger partial charge in [-0.05, 0) is 31.6 Å². The molecular weight excluding hydrogens is 188 g/mol. The molecule has 3 heteroatoms. The molecule has 0 radical (unpaired) electrons. The van der Waals surface area contributed by atoms with Crippen LogP contribution in [0.25, 0.3) is 0 Å². The van der Waals surface area contributed by atoms with Gasteiger partial charge in [0.1, 0.15) is 11.8 Å². The van der Waals surface area contributed by atoms with Crippen LogP contribution in [0.4, 0.5) is 0 Å². The molecule has 0 heterocycles. The van der Waals surface area contributed by atoms with Crippen molar-refractivity contribution in [3.63, 3.8) is 0 Å². The van der Waals surface area contributed by atoms with Crippen LogP contribution in [0, 0.1) is 11.3 Å². The topological polar surface area (TPSA) is 45.0 Å². The first-order chi connectivity index (χ1) is 7.38. The Hall–Kier alpha value is -1.53. The molecule has 0 saturated carbocycles. The van der Waals surface area contributed by atoms with Crippen LogP contribution in [0.1, 0.15) is 18.9 Å². The third kappa shape index (κ3) is 4.01. The van der Waals surface area contributed by atoms with E-state index >= 15 is 0 Å². The Balaban J connectivity index is 2.34. The van der Waals surface area contributed by atoms with Crippen molar-refractivity contribution in [2.45, 2.75) is 13.3 Å². The van der Waals surface area contributed by atoms with Crippen LogP contribution < -0.4 is 10.1 Å². The number of rotatable bonds is 6. The van der Waals surface area contributed by atoms with Crippen molar-refractivity contribution in [2.24, 2.45) is 0 Å². The van der Waals surface area contributed by atoms with Gasteiger partial charge in [-0.3, -0.25) is 0 Å². The monoisotopic (exact) mass is 204 g/mol. The van der Waals surface area contributed by atoms with Crippen molar-refractivity contribution in [2.75, 3.05) is 19.7 Å². The van der Waals surface area contributed by atoms with Gasteiger partial charge in [-0.25, -0.2) is 0 Å². The van der Waals surface area contributed by atoms with E-state index in [1.165, 1.54) is 0 Å². The van der Waals surface area contributed by atoms with E-state index in [0.29, 0.717) is 17.9 Å². The highest BCUT2D eigenvalue weighted by atomic mass is 16.5. The molecule has 1 aromatic rings. The predicted molar refractivity (Wildman–Crippen MR) is 59.8 cm³/mol. The summed E-state index contributed by atoms with van der Waals surface area (Å²) in [6.07, 6.45) is 0.952. The van der Waals surface area contributed by atoms with Gasteiger partial charge in [0.25, 0.3) is 0 Å². The second-order valence-corrected chi connectivity index (χ2v) is 3.16. The van der Waals surface area contributed by atoms with Crippen molar-refractivity contribution in [3.8, 4) is 11.8 Å². The number of nitriles is 1. The minimum atomic E-state index is 0.598. The van der Waals surface area contributed by atoms with Gasteiger partial charge in [0.15, 0.2) is 0 Å². The largest absolute Gasteiger partial charge is 0.492 e. The van der Waals surface area contributed by atoms with Gasteiger partial charge in [-0.15, -0.1) is 0 Å². The summed E-state index contributed by atoms with van der Waals surface area (Å²) in [7, 11) is 0. The molecule has 0 atom stereocenters.